The van der Waals surface area contributed by atoms with Crippen LogP contribution in [0.3, 0.4) is 0 Å². The molecular weight excluding hydrogens is 358 g/mol. The van der Waals surface area contributed by atoms with Crippen LogP contribution in [0, 0.1) is 0 Å². The van der Waals surface area contributed by atoms with Gasteiger partial charge in [0.2, 0.25) is 0 Å². The second-order valence-corrected chi connectivity index (χ2v) is 12.4. The first-order chi connectivity index (χ1) is 12.0. The Bertz CT molecular complexity index is 486. The fourth-order valence-electron chi connectivity index (χ4n) is 1.86. The molecule has 1 rings (SSSR count). The van der Waals surface area contributed by atoms with Gasteiger partial charge in [-0.25, -0.2) is 4.79 Å². The van der Waals surface area contributed by atoms with Crippen LogP contribution in [-0.2, 0) is 33.1 Å². The van der Waals surface area contributed by atoms with Crippen molar-refractivity contribution in [2.24, 2.45) is 0 Å². The highest BCUT2D eigenvalue weighted by Crippen LogP contribution is 2.36. The third kappa shape index (κ3) is 7.53. The predicted molar refractivity (Wildman–Crippen MR) is 96.6 cm³/mol. The normalized spacial score (nSPS) is 15.7. The standard InChI is InChI=1S/C17H31NO7Si/c1-17(2,3)26(4,5)24-13-12-23-11-10-22-9-8-16(21)25-18-14(19)6-7-15(18)20/h6-13H2,1-5H3. The van der Waals surface area contributed by atoms with E-state index in [0.29, 0.717) is 31.5 Å². The number of amides is 2. The van der Waals surface area contributed by atoms with Crippen molar-refractivity contribution >= 4 is 26.1 Å². The average molecular weight is 390 g/mol. The van der Waals surface area contributed by atoms with E-state index in [1.807, 2.05) is 0 Å². The SMILES string of the molecule is CC(C)(C)[Si](C)(C)OCCOCCOCCC(=O)ON1C(=O)CCC1=O. The minimum atomic E-state index is -1.74. The minimum absolute atomic E-state index is 0.0362. The highest BCUT2D eigenvalue weighted by atomic mass is 28.4. The molecule has 0 radical (unpaired) electrons. The molecule has 1 aliphatic heterocycles. The fraction of sp³-hybridized carbons (Fsp3) is 0.824. The number of carbonyl (C=O) groups excluding carboxylic acids is 3. The topological polar surface area (TPSA) is 91.4 Å². The van der Waals surface area contributed by atoms with Crippen LogP contribution in [-0.4, -0.2) is 64.2 Å². The Kier molecular flexibility index (Phi) is 8.88. The first-order valence-corrected chi connectivity index (χ1v) is 11.8. The maximum atomic E-state index is 11.5. The molecule has 0 aromatic heterocycles. The Balaban J connectivity index is 2.00. The Morgan fingerprint density at radius 2 is 1.46 bits per heavy atom. The second-order valence-electron chi connectivity index (χ2n) is 7.63. The van der Waals surface area contributed by atoms with Crippen LogP contribution < -0.4 is 0 Å². The smallest absolute Gasteiger partial charge is 0.335 e. The molecule has 150 valence electrons. The van der Waals surface area contributed by atoms with Crippen molar-refractivity contribution < 1.29 is 33.1 Å². The van der Waals surface area contributed by atoms with E-state index in [0.717, 1.165) is 0 Å². The van der Waals surface area contributed by atoms with Gasteiger partial charge in [0.05, 0.1) is 39.5 Å². The van der Waals surface area contributed by atoms with Crippen molar-refractivity contribution in [3.05, 3.63) is 0 Å². The Morgan fingerprint density at radius 3 is 2.00 bits per heavy atom. The lowest BCUT2D eigenvalue weighted by Gasteiger charge is -2.36. The summed E-state index contributed by atoms with van der Waals surface area (Å²) >= 11 is 0. The van der Waals surface area contributed by atoms with E-state index in [1.54, 1.807) is 0 Å². The molecule has 0 atom stereocenters. The molecule has 0 aliphatic carbocycles. The van der Waals surface area contributed by atoms with Crippen LogP contribution in [0.1, 0.15) is 40.0 Å². The molecular formula is C17H31NO7Si. The zero-order chi connectivity index (χ0) is 19.8. The number of imide groups is 1. The van der Waals surface area contributed by atoms with Gasteiger partial charge in [0, 0.05) is 12.8 Å². The van der Waals surface area contributed by atoms with Crippen molar-refractivity contribution in [3.8, 4) is 0 Å². The molecule has 9 heteroatoms. The van der Waals surface area contributed by atoms with E-state index >= 15 is 0 Å². The number of carbonyl (C=O) groups is 3. The molecule has 26 heavy (non-hydrogen) atoms. The van der Waals surface area contributed by atoms with Crippen molar-refractivity contribution in [1.82, 2.24) is 5.06 Å². The number of hydrogen-bond acceptors (Lipinski definition) is 7. The largest absolute Gasteiger partial charge is 0.414 e. The van der Waals surface area contributed by atoms with Gasteiger partial charge in [0.1, 0.15) is 0 Å². The van der Waals surface area contributed by atoms with Crippen LogP contribution in [0.2, 0.25) is 18.1 Å². The van der Waals surface area contributed by atoms with E-state index in [1.165, 1.54) is 0 Å². The van der Waals surface area contributed by atoms with Crippen LogP contribution in [0.5, 0.6) is 0 Å². The number of nitrogens with zero attached hydrogens (tertiary/aromatic N) is 1. The van der Waals surface area contributed by atoms with E-state index in [9.17, 15) is 14.4 Å². The third-order valence-electron chi connectivity index (χ3n) is 4.52. The van der Waals surface area contributed by atoms with Crippen LogP contribution >= 0.6 is 0 Å². The monoisotopic (exact) mass is 389 g/mol. The van der Waals surface area contributed by atoms with Crippen LogP contribution in [0.15, 0.2) is 0 Å². The zero-order valence-corrected chi connectivity index (χ0v) is 17.5. The molecule has 2 amide bonds. The number of hydrogen-bond donors (Lipinski definition) is 0. The van der Waals surface area contributed by atoms with E-state index in [-0.39, 0.29) is 30.9 Å². The highest BCUT2D eigenvalue weighted by Gasteiger charge is 2.36. The summed E-state index contributed by atoms with van der Waals surface area (Å²) in [5.41, 5.74) is 0. The maximum absolute atomic E-state index is 11.5. The molecule has 1 aliphatic rings. The predicted octanol–water partition coefficient (Wildman–Crippen LogP) is 2.04. The Labute approximate surface area is 156 Å². The molecule has 0 aromatic carbocycles. The number of ether oxygens (including phenoxy) is 2. The Hall–Kier alpha value is -1.29. The lowest BCUT2D eigenvalue weighted by atomic mass is 10.2. The third-order valence-corrected chi connectivity index (χ3v) is 9.06. The molecule has 0 unspecified atom stereocenters. The van der Waals surface area contributed by atoms with Gasteiger partial charge in [-0.15, -0.1) is 5.06 Å². The van der Waals surface area contributed by atoms with Gasteiger partial charge in [-0.1, -0.05) is 20.8 Å². The lowest BCUT2D eigenvalue weighted by Crippen LogP contribution is -2.41. The van der Waals surface area contributed by atoms with E-state index in [4.69, 9.17) is 18.7 Å². The van der Waals surface area contributed by atoms with Crippen LogP contribution in [0.25, 0.3) is 0 Å². The van der Waals surface area contributed by atoms with Crippen molar-refractivity contribution in [2.75, 3.05) is 33.0 Å². The van der Waals surface area contributed by atoms with Crippen LogP contribution in [0.4, 0.5) is 0 Å². The fourth-order valence-corrected chi connectivity index (χ4v) is 2.88. The zero-order valence-electron chi connectivity index (χ0n) is 16.5. The van der Waals surface area contributed by atoms with Gasteiger partial charge in [0.25, 0.3) is 11.8 Å². The number of rotatable bonds is 11. The van der Waals surface area contributed by atoms with Gasteiger partial charge in [0.15, 0.2) is 8.32 Å². The van der Waals surface area contributed by atoms with Gasteiger partial charge in [-0.05, 0) is 18.1 Å². The summed E-state index contributed by atoms with van der Waals surface area (Å²) in [6.45, 7) is 12.9. The lowest BCUT2D eigenvalue weighted by molar-refractivity contribution is -0.198. The molecule has 0 aromatic rings. The summed E-state index contributed by atoms with van der Waals surface area (Å²) < 4.78 is 16.7. The first kappa shape index (κ1) is 22.7. The van der Waals surface area contributed by atoms with Crippen molar-refractivity contribution in [3.63, 3.8) is 0 Å². The minimum Gasteiger partial charge on any atom is -0.414 e. The second kappa shape index (κ2) is 10.1. The molecule has 0 N–H and O–H groups in total. The van der Waals surface area contributed by atoms with Gasteiger partial charge >= 0.3 is 5.97 Å². The molecule has 8 nitrogen and oxygen atoms in total. The molecule has 0 saturated carbocycles. The summed E-state index contributed by atoms with van der Waals surface area (Å²) in [7, 11) is -1.74. The van der Waals surface area contributed by atoms with Gasteiger partial charge in [-0.3, -0.25) is 9.59 Å². The summed E-state index contributed by atoms with van der Waals surface area (Å²) in [6.07, 6.45) is 0.129. The first-order valence-electron chi connectivity index (χ1n) is 8.90. The summed E-state index contributed by atoms with van der Waals surface area (Å²) in [6, 6.07) is 0. The van der Waals surface area contributed by atoms with Crippen molar-refractivity contribution in [2.45, 2.75) is 58.2 Å². The highest BCUT2D eigenvalue weighted by molar-refractivity contribution is 6.74. The van der Waals surface area contributed by atoms with Gasteiger partial charge in [-0.2, -0.15) is 0 Å². The Morgan fingerprint density at radius 1 is 0.962 bits per heavy atom. The van der Waals surface area contributed by atoms with E-state index in [2.05, 4.69) is 33.9 Å². The molecule has 0 bridgehead atoms. The van der Waals surface area contributed by atoms with Gasteiger partial charge < -0.3 is 18.7 Å². The average Bonchev–Trinajstić information content (AvgIpc) is 2.84. The van der Waals surface area contributed by atoms with Crippen molar-refractivity contribution in [1.29, 1.82) is 0 Å². The summed E-state index contributed by atoms with van der Waals surface area (Å²) in [4.78, 5) is 38.9. The summed E-state index contributed by atoms with van der Waals surface area (Å²) in [5, 5.41) is 0.711. The molecule has 1 fully saturated rings. The number of hydroxylamine groups is 2. The molecule has 1 saturated heterocycles. The molecule has 1 heterocycles. The molecule has 0 spiro atoms. The maximum Gasteiger partial charge on any atom is 0.335 e. The summed E-state index contributed by atoms with van der Waals surface area (Å²) in [5.74, 6) is -1.65. The van der Waals surface area contributed by atoms with E-state index < -0.39 is 26.1 Å². The quantitative estimate of drug-likeness (QED) is 0.303.